The van der Waals surface area contributed by atoms with Crippen LogP contribution in [0.5, 0.6) is 0 Å². The minimum absolute atomic E-state index is 0.00585. The number of hydrogen-bond donors (Lipinski definition) is 2. The number of carbonyl (C=O) groups is 3. The number of nitrogens with zero attached hydrogens (tertiary/aromatic N) is 4. The van der Waals surface area contributed by atoms with E-state index >= 15 is 0 Å². The first-order chi connectivity index (χ1) is 16.6. The number of nitrogens with two attached hydrogens (primary N) is 1. The molecule has 192 valence electrons. The fourth-order valence-electron chi connectivity index (χ4n) is 4.62. The monoisotopic (exact) mass is 491 g/mol. The molecule has 1 aliphatic heterocycles. The Bertz CT molecular complexity index is 1050. The summed E-state index contributed by atoms with van der Waals surface area (Å²) in [7, 11) is 1.61. The second-order valence-corrected chi connectivity index (χ2v) is 9.42. The van der Waals surface area contributed by atoms with Crippen molar-refractivity contribution in [3.05, 3.63) is 29.8 Å². The van der Waals surface area contributed by atoms with Gasteiger partial charge < -0.3 is 29.9 Å². The number of halogens is 1. The van der Waals surface area contributed by atoms with Gasteiger partial charge in [-0.25, -0.2) is 14.2 Å². The lowest BCUT2D eigenvalue weighted by Crippen LogP contribution is -2.56. The number of piperidine rings is 1. The molecule has 0 unspecified atom stereocenters. The average molecular weight is 492 g/mol. The van der Waals surface area contributed by atoms with Crippen LogP contribution in [0.15, 0.2) is 18.2 Å². The van der Waals surface area contributed by atoms with Gasteiger partial charge in [0.25, 0.3) is 5.91 Å². The maximum absolute atomic E-state index is 14.8. The summed E-state index contributed by atoms with van der Waals surface area (Å²) in [6, 6.07) is 3.96. The molecule has 3 rings (SSSR count). The van der Waals surface area contributed by atoms with Gasteiger partial charge in [-0.1, -0.05) is 19.9 Å². The fraction of sp³-hybridized carbons (Fsp3) is 0.583. The normalized spacial score (nSPS) is 18.3. The van der Waals surface area contributed by atoms with Crippen LogP contribution in [0, 0.1) is 17.7 Å². The summed E-state index contributed by atoms with van der Waals surface area (Å²) in [5.74, 6) is -2.07. The minimum atomic E-state index is -1.18. The summed E-state index contributed by atoms with van der Waals surface area (Å²) in [4.78, 5) is 44.8. The molecule has 0 bridgehead atoms. The van der Waals surface area contributed by atoms with Gasteiger partial charge >= 0.3 is 6.09 Å². The number of ether oxygens (including phenoxy) is 1. The maximum atomic E-state index is 14.8. The van der Waals surface area contributed by atoms with E-state index < -0.39 is 35.7 Å². The number of amides is 3. The van der Waals surface area contributed by atoms with Crippen molar-refractivity contribution in [3.63, 3.8) is 0 Å². The van der Waals surface area contributed by atoms with Crippen LogP contribution in [-0.2, 0) is 16.1 Å². The number of benzene rings is 1. The standard InChI is InChI=1S/C24H34FN5O5/c1-15(2)12-30(17-11-16(21(26)31)13-28(14-17)24(33)34)23(32)22-27-19-8-6-7-18(25)20(19)29(22)9-4-5-10-35-3/h6-8,15-17H,4-5,9-14H2,1-3H3,(H2,26,31)(H,33,34)/t16-,17+/m1/s1. The smallest absolute Gasteiger partial charge is 0.407 e. The molecule has 2 heterocycles. The predicted molar refractivity (Wildman–Crippen MR) is 127 cm³/mol. The number of primary amides is 1. The molecule has 0 saturated carbocycles. The molecule has 0 radical (unpaired) electrons. The van der Waals surface area contributed by atoms with E-state index in [1.165, 1.54) is 6.07 Å². The van der Waals surface area contributed by atoms with E-state index in [1.54, 1.807) is 28.7 Å². The summed E-state index contributed by atoms with van der Waals surface area (Å²) in [6.45, 7) is 5.16. The first-order valence-corrected chi connectivity index (χ1v) is 11.9. The van der Waals surface area contributed by atoms with Gasteiger partial charge in [-0.15, -0.1) is 0 Å². The molecule has 2 aromatic rings. The van der Waals surface area contributed by atoms with Crippen molar-refractivity contribution >= 4 is 28.9 Å². The molecule has 3 N–H and O–H groups in total. The summed E-state index contributed by atoms with van der Waals surface area (Å²) >= 11 is 0. The van der Waals surface area contributed by atoms with Crippen molar-refractivity contribution in [2.45, 2.75) is 45.7 Å². The molecule has 2 atom stereocenters. The zero-order valence-electron chi connectivity index (χ0n) is 20.4. The van der Waals surface area contributed by atoms with Crippen molar-refractivity contribution in [1.82, 2.24) is 19.4 Å². The summed E-state index contributed by atoms with van der Waals surface area (Å²) in [5, 5.41) is 9.59. The van der Waals surface area contributed by atoms with Crippen molar-refractivity contribution in [2.24, 2.45) is 17.6 Å². The van der Waals surface area contributed by atoms with E-state index in [4.69, 9.17) is 10.5 Å². The SMILES string of the molecule is COCCCCn1c(C(=O)N(CC(C)C)[C@H]2C[C@@H](C(N)=O)CN(C(=O)O)C2)nc2cccc(F)c21. The van der Waals surface area contributed by atoms with Gasteiger partial charge in [-0.2, -0.15) is 0 Å². The molecular weight excluding hydrogens is 457 g/mol. The summed E-state index contributed by atoms with van der Waals surface area (Å²) in [5.41, 5.74) is 6.15. The minimum Gasteiger partial charge on any atom is -0.465 e. The number of aromatic nitrogens is 2. The number of rotatable bonds is 10. The number of para-hydroxylation sites is 1. The Morgan fingerprint density at radius 1 is 1.29 bits per heavy atom. The number of aryl methyl sites for hydroxylation is 1. The summed E-state index contributed by atoms with van der Waals surface area (Å²) < 4.78 is 21.5. The highest BCUT2D eigenvalue weighted by Crippen LogP contribution is 2.26. The van der Waals surface area contributed by atoms with Crippen molar-refractivity contribution < 1.29 is 28.6 Å². The number of hydrogen-bond acceptors (Lipinski definition) is 5. The number of fused-ring (bicyclic) bond motifs is 1. The van der Waals surface area contributed by atoms with Crippen LogP contribution in [-0.4, -0.2) is 81.8 Å². The van der Waals surface area contributed by atoms with E-state index in [1.807, 2.05) is 13.8 Å². The Labute approximate surface area is 203 Å². The third-order valence-electron chi connectivity index (χ3n) is 6.25. The predicted octanol–water partition coefficient (Wildman–Crippen LogP) is 2.55. The molecule has 3 amide bonds. The third-order valence-corrected chi connectivity index (χ3v) is 6.25. The third kappa shape index (κ3) is 6.08. The maximum Gasteiger partial charge on any atom is 0.407 e. The Balaban J connectivity index is 2.02. The van der Waals surface area contributed by atoms with Gasteiger partial charge in [0.05, 0.1) is 17.5 Å². The van der Waals surface area contributed by atoms with E-state index in [-0.39, 0.29) is 36.8 Å². The first-order valence-electron chi connectivity index (χ1n) is 11.9. The second kappa shape index (κ2) is 11.5. The van der Waals surface area contributed by atoms with Gasteiger partial charge in [0.1, 0.15) is 11.3 Å². The zero-order chi connectivity index (χ0) is 25.7. The van der Waals surface area contributed by atoms with Crippen LogP contribution in [0.4, 0.5) is 9.18 Å². The molecule has 11 heteroatoms. The molecule has 0 spiro atoms. The number of methoxy groups -OCH3 is 1. The number of likely N-dealkylation sites (tertiary alicyclic amines) is 1. The number of carbonyl (C=O) groups excluding carboxylic acids is 2. The van der Waals surface area contributed by atoms with Gasteiger partial charge in [0, 0.05) is 39.9 Å². The van der Waals surface area contributed by atoms with E-state index in [9.17, 15) is 23.9 Å². The van der Waals surface area contributed by atoms with Crippen molar-refractivity contribution in [1.29, 1.82) is 0 Å². The lowest BCUT2D eigenvalue weighted by molar-refractivity contribution is -0.124. The molecular formula is C24H34FN5O5. The Kier molecular flexibility index (Phi) is 8.66. The van der Waals surface area contributed by atoms with Crippen LogP contribution in [0.25, 0.3) is 11.0 Å². The summed E-state index contributed by atoms with van der Waals surface area (Å²) in [6.07, 6.45) is 0.452. The Hall–Kier alpha value is -3.21. The Morgan fingerprint density at radius 3 is 2.66 bits per heavy atom. The fourth-order valence-corrected chi connectivity index (χ4v) is 4.62. The molecule has 35 heavy (non-hydrogen) atoms. The first kappa shape index (κ1) is 26.4. The van der Waals surface area contributed by atoms with Gasteiger partial charge in [-0.3, -0.25) is 9.59 Å². The highest BCUT2D eigenvalue weighted by Gasteiger charge is 2.39. The van der Waals surface area contributed by atoms with Crippen LogP contribution < -0.4 is 5.73 Å². The molecule has 1 aliphatic rings. The van der Waals surface area contributed by atoms with Crippen molar-refractivity contribution in [3.8, 4) is 0 Å². The highest BCUT2D eigenvalue weighted by atomic mass is 19.1. The zero-order valence-corrected chi connectivity index (χ0v) is 20.4. The molecule has 10 nitrogen and oxygen atoms in total. The number of carboxylic acid groups (broad SMARTS) is 1. The van der Waals surface area contributed by atoms with E-state index in [2.05, 4.69) is 4.98 Å². The molecule has 0 aliphatic carbocycles. The van der Waals surface area contributed by atoms with E-state index in [0.717, 1.165) is 11.3 Å². The lowest BCUT2D eigenvalue weighted by atomic mass is 9.92. The van der Waals surface area contributed by atoms with Crippen molar-refractivity contribution in [2.75, 3.05) is 33.4 Å². The topological polar surface area (TPSA) is 131 Å². The van der Waals surface area contributed by atoms with Crippen LogP contribution >= 0.6 is 0 Å². The van der Waals surface area contributed by atoms with Gasteiger partial charge in [0.15, 0.2) is 5.82 Å². The highest BCUT2D eigenvalue weighted by molar-refractivity contribution is 5.95. The molecule has 1 saturated heterocycles. The molecule has 1 fully saturated rings. The largest absolute Gasteiger partial charge is 0.465 e. The Morgan fingerprint density at radius 2 is 2.03 bits per heavy atom. The molecule has 1 aromatic carbocycles. The lowest BCUT2D eigenvalue weighted by Gasteiger charge is -2.41. The average Bonchev–Trinajstić information content (AvgIpc) is 3.19. The quantitative estimate of drug-likeness (QED) is 0.491. The van der Waals surface area contributed by atoms with Gasteiger partial charge in [-0.05, 0) is 37.3 Å². The molecule has 1 aromatic heterocycles. The van der Waals surface area contributed by atoms with Crippen LogP contribution in [0.2, 0.25) is 0 Å². The second-order valence-electron chi connectivity index (χ2n) is 9.42. The van der Waals surface area contributed by atoms with Gasteiger partial charge in [0.2, 0.25) is 5.91 Å². The van der Waals surface area contributed by atoms with Crippen LogP contribution in [0.3, 0.4) is 0 Å². The number of imidazole rings is 1. The van der Waals surface area contributed by atoms with E-state index in [0.29, 0.717) is 31.6 Å². The van der Waals surface area contributed by atoms with Crippen LogP contribution in [0.1, 0.15) is 43.7 Å². The number of unbranched alkanes of at least 4 members (excludes halogenated alkanes) is 1.